The first kappa shape index (κ1) is 13.3. The smallest absolute Gasteiger partial charge is 0.161 e. The Labute approximate surface area is 114 Å². The average Bonchev–Trinajstić information content (AvgIpc) is 2.42. The number of nitrogens with zero attached hydrogens (tertiary/aromatic N) is 1. The predicted molar refractivity (Wildman–Crippen MR) is 80.3 cm³/mol. The Bertz CT molecular complexity index is 572. The number of carbonyl (C=O) groups is 1. The highest BCUT2D eigenvalue weighted by Gasteiger charge is 2.13. The van der Waals surface area contributed by atoms with Crippen LogP contribution in [0, 0.1) is 6.92 Å². The molecule has 0 aliphatic heterocycles. The number of carbonyl (C=O) groups excluding carboxylic acids is 1. The first-order valence-electron chi connectivity index (χ1n) is 6.57. The second-order valence-electron chi connectivity index (χ2n) is 4.65. The van der Waals surface area contributed by atoms with E-state index in [0.717, 1.165) is 23.5 Å². The number of rotatable bonds is 4. The molecule has 0 saturated heterocycles. The van der Waals surface area contributed by atoms with Gasteiger partial charge in [0.05, 0.1) is 5.69 Å². The molecule has 0 unspecified atom stereocenters. The summed E-state index contributed by atoms with van der Waals surface area (Å²) in [6.07, 6.45) is 0. The number of para-hydroxylation sites is 1. The molecular weight excluding hydrogens is 234 g/mol. The monoisotopic (exact) mass is 253 g/mol. The van der Waals surface area contributed by atoms with E-state index >= 15 is 0 Å². The van der Waals surface area contributed by atoms with Gasteiger partial charge in [-0.2, -0.15) is 0 Å². The molecule has 0 bridgehead atoms. The summed E-state index contributed by atoms with van der Waals surface area (Å²) in [6.45, 7) is 6.61. The lowest BCUT2D eigenvalue weighted by atomic mass is 10.1. The second kappa shape index (κ2) is 5.70. The molecule has 0 aliphatic rings. The lowest BCUT2D eigenvalue weighted by molar-refractivity contribution is 0.101. The van der Waals surface area contributed by atoms with Gasteiger partial charge in [0.1, 0.15) is 0 Å². The van der Waals surface area contributed by atoms with Crippen LogP contribution >= 0.6 is 0 Å². The molecule has 0 saturated carbocycles. The first-order chi connectivity index (χ1) is 9.13. The molecule has 0 heterocycles. The fourth-order valence-electron chi connectivity index (χ4n) is 2.22. The molecule has 2 heteroatoms. The van der Waals surface area contributed by atoms with Crippen molar-refractivity contribution in [2.75, 3.05) is 11.4 Å². The Morgan fingerprint density at radius 3 is 2.26 bits per heavy atom. The fourth-order valence-corrected chi connectivity index (χ4v) is 2.22. The normalized spacial score (nSPS) is 10.3. The molecule has 0 N–H and O–H groups in total. The minimum absolute atomic E-state index is 0.0983. The molecule has 0 amide bonds. The van der Waals surface area contributed by atoms with Crippen molar-refractivity contribution in [2.24, 2.45) is 0 Å². The third-order valence-corrected chi connectivity index (χ3v) is 3.24. The van der Waals surface area contributed by atoms with E-state index in [9.17, 15) is 4.79 Å². The standard InChI is InChI=1S/C17H19NO/c1-4-18(15-11-9-13(2)10-12-15)17-8-6-5-7-16(17)14(3)19/h5-12H,4H2,1-3H3. The summed E-state index contributed by atoms with van der Waals surface area (Å²) in [7, 11) is 0. The molecule has 0 atom stereocenters. The van der Waals surface area contributed by atoms with Crippen LogP contribution in [0.5, 0.6) is 0 Å². The molecule has 98 valence electrons. The molecule has 2 nitrogen and oxygen atoms in total. The summed E-state index contributed by atoms with van der Waals surface area (Å²) in [5, 5.41) is 0. The van der Waals surface area contributed by atoms with Gasteiger partial charge >= 0.3 is 0 Å². The van der Waals surface area contributed by atoms with Gasteiger partial charge in [0, 0.05) is 17.8 Å². The van der Waals surface area contributed by atoms with Gasteiger partial charge in [-0.25, -0.2) is 0 Å². The van der Waals surface area contributed by atoms with E-state index in [1.165, 1.54) is 5.56 Å². The van der Waals surface area contributed by atoms with E-state index in [0.29, 0.717) is 0 Å². The van der Waals surface area contributed by atoms with Crippen LogP contribution in [0.15, 0.2) is 48.5 Å². The Kier molecular flexibility index (Phi) is 4.00. The predicted octanol–water partition coefficient (Wildman–Crippen LogP) is 4.36. The SMILES string of the molecule is CCN(c1ccc(C)cc1)c1ccccc1C(C)=O. The van der Waals surface area contributed by atoms with Crippen LogP contribution in [0.4, 0.5) is 11.4 Å². The zero-order valence-electron chi connectivity index (χ0n) is 11.7. The maximum Gasteiger partial charge on any atom is 0.161 e. The van der Waals surface area contributed by atoms with Crippen LogP contribution in [0.3, 0.4) is 0 Å². The van der Waals surface area contributed by atoms with Crippen LogP contribution < -0.4 is 4.90 Å². The van der Waals surface area contributed by atoms with E-state index in [1.54, 1.807) is 6.92 Å². The third kappa shape index (κ3) is 2.84. The van der Waals surface area contributed by atoms with Gasteiger partial charge in [0.15, 0.2) is 5.78 Å². The number of benzene rings is 2. The van der Waals surface area contributed by atoms with Crippen molar-refractivity contribution in [2.45, 2.75) is 20.8 Å². The Balaban J connectivity index is 2.48. The van der Waals surface area contributed by atoms with E-state index in [2.05, 4.69) is 43.0 Å². The Morgan fingerprint density at radius 2 is 1.68 bits per heavy atom. The zero-order chi connectivity index (χ0) is 13.8. The van der Waals surface area contributed by atoms with Gasteiger partial charge in [-0.1, -0.05) is 29.8 Å². The van der Waals surface area contributed by atoms with E-state index in [-0.39, 0.29) is 5.78 Å². The maximum absolute atomic E-state index is 11.7. The van der Waals surface area contributed by atoms with Crippen molar-refractivity contribution >= 4 is 17.2 Å². The number of Topliss-reactive ketones (excluding diaryl/α,β-unsaturated/α-hetero) is 1. The van der Waals surface area contributed by atoms with E-state index < -0.39 is 0 Å². The van der Waals surface area contributed by atoms with Crippen molar-refractivity contribution in [1.29, 1.82) is 0 Å². The molecule has 2 aromatic rings. The van der Waals surface area contributed by atoms with Crippen molar-refractivity contribution in [3.05, 3.63) is 59.7 Å². The highest BCUT2D eigenvalue weighted by Crippen LogP contribution is 2.28. The van der Waals surface area contributed by atoms with Crippen LogP contribution in [0.25, 0.3) is 0 Å². The Hall–Kier alpha value is -2.09. The fraction of sp³-hybridized carbons (Fsp3) is 0.235. The van der Waals surface area contributed by atoms with Crippen molar-refractivity contribution in [3.8, 4) is 0 Å². The second-order valence-corrected chi connectivity index (χ2v) is 4.65. The zero-order valence-corrected chi connectivity index (χ0v) is 11.7. The molecule has 0 fully saturated rings. The largest absolute Gasteiger partial charge is 0.341 e. The lowest BCUT2D eigenvalue weighted by Crippen LogP contribution is -2.18. The van der Waals surface area contributed by atoms with Crippen LogP contribution in [0.1, 0.15) is 29.8 Å². The molecule has 19 heavy (non-hydrogen) atoms. The average molecular weight is 253 g/mol. The van der Waals surface area contributed by atoms with Crippen molar-refractivity contribution < 1.29 is 4.79 Å². The van der Waals surface area contributed by atoms with Crippen LogP contribution in [-0.4, -0.2) is 12.3 Å². The minimum Gasteiger partial charge on any atom is -0.341 e. The third-order valence-electron chi connectivity index (χ3n) is 3.24. The summed E-state index contributed by atoms with van der Waals surface area (Å²) in [6, 6.07) is 16.1. The number of aryl methyl sites for hydroxylation is 1. The van der Waals surface area contributed by atoms with Crippen LogP contribution in [-0.2, 0) is 0 Å². The molecular formula is C17H19NO. The van der Waals surface area contributed by atoms with Gasteiger partial charge in [0.25, 0.3) is 0 Å². The summed E-state index contributed by atoms with van der Waals surface area (Å²) in [4.78, 5) is 13.9. The van der Waals surface area contributed by atoms with Gasteiger partial charge in [0.2, 0.25) is 0 Å². The highest BCUT2D eigenvalue weighted by atomic mass is 16.1. The molecule has 0 spiro atoms. The number of ketones is 1. The van der Waals surface area contributed by atoms with Gasteiger partial charge < -0.3 is 4.90 Å². The molecule has 2 rings (SSSR count). The quantitative estimate of drug-likeness (QED) is 0.755. The van der Waals surface area contributed by atoms with Gasteiger partial charge in [-0.05, 0) is 45.0 Å². The van der Waals surface area contributed by atoms with E-state index in [4.69, 9.17) is 0 Å². The van der Waals surface area contributed by atoms with Crippen LogP contribution in [0.2, 0.25) is 0 Å². The molecule has 0 aromatic heterocycles. The molecule has 0 radical (unpaired) electrons. The highest BCUT2D eigenvalue weighted by molar-refractivity contribution is 6.00. The Morgan fingerprint density at radius 1 is 1.05 bits per heavy atom. The topological polar surface area (TPSA) is 20.3 Å². The first-order valence-corrected chi connectivity index (χ1v) is 6.57. The molecule has 0 aliphatic carbocycles. The number of anilines is 2. The van der Waals surface area contributed by atoms with Gasteiger partial charge in [-0.15, -0.1) is 0 Å². The van der Waals surface area contributed by atoms with E-state index in [1.807, 2.05) is 24.3 Å². The molecule has 2 aromatic carbocycles. The summed E-state index contributed by atoms with van der Waals surface area (Å²) < 4.78 is 0. The maximum atomic E-state index is 11.7. The van der Waals surface area contributed by atoms with Crippen molar-refractivity contribution in [1.82, 2.24) is 0 Å². The summed E-state index contributed by atoms with van der Waals surface area (Å²) >= 11 is 0. The lowest BCUT2D eigenvalue weighted by Gasteiger charge is -2.25. The number of hydrogen-bond donors (Lipinski definition) is 0. The number of hydrogen-bond acceptors (Lipinski definition) is 2. The minimum atomic E-state index is 0.0983. The summed E-state index contributed by atoms with van der Waals surface area (Å²) in [5.74, 6) is 0.0983. The summed E-state index contributed by atoms with van der Waals surface area (Å²) in [5.41, 5.74) is 4.09. The van der Waals surface area contributed by atoms with Crippen molar-refractivity contribution in [3.63, 3.8) is 0 Å². The van der Waals surface area contributed by atoms with Gasteiger partial charge in [-0.3, -0.25) is 4.79 Å².